The van der Waals surface area contributed by atoms with Crippen molar-refractivity contribution >= 4 is 10.0 Å². The third-order valence-corrected chi connectivity index (χ3v) is 4.83. The molecule has 2 rings (SSSR count). The zero-order valence-electron chi connectivity index (χ0n) is 11.0. The van der Waals surface area contributed by atoms with Crippen LogP contribution in [0.15, 0.2) is 29.2 Å². The van der Waals surface area contributed by atoms with Gasteiger partial charge in [0.15, 0.2) is 0 Å². The monoisotopic (exact) mass is 296 g/mol. The van der Waals surface area contributed by atoms with Crippen LogP contribution in [-0.2, 0) is 14.8 Å². The van der Waals surface area contributed by atoms with Gasteiger partial charge in [-0.25, -0.2) is 8.42 Å². The van der Waals surface area contributed by atoms with Crippen molar-refractivity contribution in [3.63, 3.8) is 0 Å². The second-order valence-corrected chi connectivity index (χ2v) is 6.18. The molecule has 1 aromatic carbocycles. The van der Waals surface area contributed by atoms with E-state index in [1.54, 1.807) is 12.1 Å². The van der Waals surface area contributed by atoms with Gasteiger partial charge < -0.3 is 9.47 Å². The molecular formula is C13H16N2O4S. The molecule has 0 spiro atoms. The van der Waals surface area contributed by atoms with Gasteiger partial charge >= 0.3 is 0 Å². The van der Waals surface area contributed by atoms with Crippen molar-refractivity contribution in [2.24, 2.45) is 0 Å². The van der Waals surface area contributed by atoms with Crippen molar-refractivity contribution in [2.75, 3.05) is 32.9 Å². The normalized spacial score (nSPS) is 16.6. The summed E-state index contributed by atoms with van der Waals surface area (Å²) in [6, 6.07) is 8.22. The largest absolute Gasteiger partial charge is 0.493 e. The third-order valence-electron chi connectivity index (χ3n) is 2.91. The first kappa shape index (κ1) is 14.8. The number of hydrogen-bond acceptors (Lipinski definition) is 5. The van der Waals surface area contributed by atoms with Crippen LogP contribution in [0.25, 0.3) is 0 Å². The van der Waals surface area contributed by atoms with E-state index in [-0.39, 0.29) is 4.90 Å². The highest BCUT2D eigenvalue weighted by atomic mass is 32.2. The van der Waals surface area contributed by atoms with Crippen LogP contribution in [-0.4, -0.2) is 45.6 Å². The molecule has 1 fully saturated rings. The number of rotatable bonds is 5. The molecule has 20 heavy (non-hydrogen) atoms. The fourth-order valence-corrected chi connectivity index (χ4v) is 3.27. The molecule has 0 radical (unpaired) electrons. The minimum Gasteiger partial charge on any atom is -0.493 e. The second-order valence-electron chi connectivity index (χ2n) is 4.24. The van der Waals surface area contributed by atoms with Gasteiger partial charge in [0.05, 0.1) is 30.6 Å². The molecule has 0 atom stereocenters. The van der Waals surface area contributed by atoms with E-state index in [9.17, 15) is 8.42 Å². The average Bonchev–Trinajstić information content (AvgIpc) is 2.49. The number of nitrogens with zero attached hydrogens (tertiary/aromatic N) is 2. The van der Waals surface area contributed by atoms with Gasteiger partial charge in [0.2, 0.25) is 10.0 Å². The summed E-state index contributed by atoms with van der Waals surface area (Å²) in [6.07, 6.45) is 0.299. The Balaban J connectivity index is 2.06. The lowest BCUT2D eigenvalue weighted by molar-refractivity contribution is 0.0730. The fourth-order valence-electron chi connectivity index (χ4n) is 1.86. The summed E-state index contributed by atoms with van der Waals surface area (Å²) < 4.78 is 36.6. The van der Waals surface area contributed by atoms with Crippen molar-refractivity contribution in [1.29, 1.82) is 5.26 Å². The molecule has 1 aromatic rings. The van der Waals surface area contributed by atoms with Gasteiger partial charge in [-0.3, -0.25) is 0 Å². The van der Waals surface area contributed by atoms with Gasteiger partial charge in [-0.05, 0) is 24.3 Å². The van der Waals surface area contributed by atoms with Gasteiger partial charge in [-0.1, -0.05) is 0 Å². The summed E-state index contributed by atoms with van der Waals surface area (Å²) in [5, 5.41) is 8.41. The molecule has 0 aliphatic carbocycles. The summed E-state index contributed by atoms with van der Waals surface area (Å²) in [5.74, 6) is 0.557. The molecule has 108 valence electrons. The lowest BCUT2D eigenvalue weighted by atomic mass is 10.3. The number of benzene rings is 1. The third kappa shape index (κ3) is 3.48. The first-order chi connectivity index (χ1) is 9.64. The molecule has 0 saturated carbocycles. The molecule has 6 nitrogen and oxygen atoms in total. The number of ether oxygens (including phenoxy) is 2. The predicted molar refractivity (Wildman–Crippen MR) is 71.7 cm³/mol. The molecule has 1 aliphatic rings. The van der Waals surface area contributed by atoms with Crippen molar-refractivity contribution in [1.82, 2.24) is 4.31 Å². The molecule has 1 saturated heterocycles. The van der Waals surface area contributed by atoms with E-state index in [0.717, 1.165) is 0 Å². The van der Waals surface area contributed by atoms with Crippen LogP contribution in [0, 0.1) is 11.3 Å². The minimum absolute atomic E-state index is 0.243. The van der Waals surface area contributed by atoms with Gasteiger partial charge in [0, 0.05) is 13.1 Å². The first-order valence-corrected chi connectivity index (χ1v) is 7.76. The lowest BCUT2D eigenvalue weighted by Gasteiger charge is -2.26. The Labute approximate surface area is 118 Å². The van der Waals surface area contributed by atoms with Gasteiger partial charge in [-0.2, -0.15) is 9.57 Å². The number of sulfonamides is 1. The highest BCUT2D eigenvalue weighted by molar-refractivity contribution is 7.89. The van der Waals surface area contributed by atoms with Gasteiger partial charge in [0.1, 0.15) is 12.4 Å². The summed E-state index contributed by atoms with van der Waals surface area (Å²) >= 11 is 0. The second kappa shape index (κ2) is 6.70. The molecule has 0 aromatic heterocycles. The topological polar surface area (TPSA) is 79.6 Å². The quantitative estimate of drug-likeness (QED) is 0.757. The Kier molecular flexibility index (Phi) is 4.95. The molecule has 0 amide bonds. The van der Waals surface area contributed by atoms with E-state index < -0.39 is 10.0 Å². The van der Waals surface area contributed by atoms with Crippen LogP contribution >= 0.6 is 0 Å². The van der Waals surface area contributed by atoms with Gasteiger partial charge in [-0.15, -0.1) is 0 Å². The maximum atomic E-state index is 12.3. The summed E-state index contributed by atoms with van der Waals surface area (Å²) in [5.41, 5.74) is 0. The molecule has 1 aliphatic heterocycles. The zero-order chi connectivity index (χ0) is 14.4. The maximum Gasteiger partial charge on any atom is 0.243 e. The highest BCUT2D eigenvalue weighted by Gasteiger charge is 2.26. The average molecular weight is 296 g/mol. The molecule has 0 N–H and O–H groups in total. The Morgan fingerprint density at radius 1 is 1.25 bits per heavy atom. The Morgan fingerprint density at radius 2 is 1.90 bits per heavy atom. The van der Waals surface area contributed by atoms with Crippen LogP contribution in [0.2, 0.25) is 0 Å². The zero-order valence-corrected chi connectivity index (χ0v) is 11.8. The fraction of sp³-hybridized carbons (Fsp3) is 0.462. The van der Waals surface area contributed by atoms with Crippen molar-refractivity contribution in [2.45, 2.75) is 11.3 Å². The Hall–Kier alpha value is -1.62. The smallest absolute Gasteiger partial charge is 0.243 e. The molecule has 1 heterocycles. The maximum absolute atomic E-state index is 12.3. The standard InChI is InChI=1S/C13H16N2O4S/c14-6-1-9-19-12-2-4-13(5-3-12)20(16,17)15-7-10-18-11-8-15/h2-5H,1,7-11H2. The minimum atomic E-state index is -3.46. The number of hydrogen-bond donors (Lipinski definition) is 0. The predicted octanol–water partition coefficient (Wildman–Crippen LogP) is 1.000. The number of nitriles is 1. The lowest BCUT2D eigenvalue weighted by Crippen LogP contribution is -2.40. The van der Waals surface area contributed by atoms with Crippen molar-refractivity contribution in [3.05, 3.63) is 24.3 Å². The number of morpholine rings is 1. The Morgan fingerprint density at radius 3 is 2.50 bits per heavy atom. The first-order valence-electron chi connectivity index (χ1n) is 6.32. The van der Waals surface area contributed by atoms with E-state index in [4.69, 9.17) is 14.7 Å². The summed E-state index contributed by atoms with van der Waals surface area (Å²) in [4.78, 5) is 0.243. The van der Waals surface area contributed by atoms with E-state index >= 15 is 0 Å². The van der Waals surface area contributed by atoms with Crippen LogP contribution in [0.3, 0.4) is 0 Å². The summed E-state index contributed by atoms with van der Waals surface area (Å²) in [7, 11) is -3.46. The Bertz CT molecular complexity index is 571. The van der Waals surface area contributed by atoms with Gasteiger partial charge in [0.25, 0.3) is 0 Å². The van der Waals surface area contributed by atoms with E-state index in [1.165, 1.54) is 16.4 Å². The molecule has 0 bridgehead atoms. The van der Waals surface area contributed by atoms with Crippen molar-refractivity contribution in [3.8, 4) is 11.8 Å². The van der Waals surface area contributed by atoms with Crippen LogP contribution in [0.4, 0.5) is 0 Å². The van der Waals surface area contributed by atoms with E-state index in [2.05, 4.69) is 0 Å². The van der Waals surface area contributed by atoms with Crippen molar-refractivity contribution < 1.29 is 17.9 Å². The SMILES string of the molecule is N#CCCOc1ccc(S(=O)(=O)N2CCOCC2)cc1. The summed E-state index contributed by atoms with van der Waals surface area (Å²) in [6.45, 7) is 1.90. The highest BCUT2D eigenvalue weighted by Crippen LogP contribution is 2.20. The molecular weight excluding hydrogens is 280 g/mol. The van der Waals surface area contributed by atoms with Crippen LogP contribution in [0.1, 0.15) is 6.42 Å². The van der Waals surface area contributed by atoms with E-state index in [1.807, 2.05) is 6.07 Å². The van der Waals surface area contributed by atoms with E-state index in [0.29, 0.717) is 45.1 Å². The molecule has 0 unspecified atom stereocenters. The van der Waals surface area contributed by atoms with Crippen LogP contribution < -0.4 is 4.74 Å². The molecule has 7 heteroatoms. The van der Waals surface area contributed by atoms with Crippen LogP contribution in [0.5, 0.6) is 5.75 Å².